The predicted octanol–water partition coefficient (Wildman–Crippen LogP) is 2.56. The molecule has 4 rings (SSSR count). The number of anilines is 1. The highest BCUT2D eigenvalue weighted by Crippen LogP contribution is 2.31. The van der Waals surface area contributed by atoms with Crippen LogP contribution in [0.4, 0.5) is 5.69 Å². The van der Waals surface area contributed by atoms with Crippen molar-refractivity contribution >= 4 is 34.4 Å². The van der Waals surface area contributed by atoms with Crippen LogP contribution < -0.4 is 10.2 Å². The third-order valence-electron chi connectivity index (χ3n) is 5.07. The lowest BCUT2D eigenvalue weighted by molar-refractivity contribution is -0.125. The molecule has 2 aromatic rings. The molecule has 2 aliphatic rings. The number of aromatic nitrogens is 2. The van der Waals surface area contributed by atoms with Gasteiger partial charge in [-0.25, -0.2) is 4.98 Å². The van der Waals surface area contributed by atoms with E-state index in [4.69, 9.17) is 0 Å². The molecule has 7 heteroatoms. The maximum atomic E-state index is 12.9. The third-order valence-corrected chi connectivity index (χ3v) is 6.05. The van der Waals surface area contributed by atoms with Gasteiger partial charge >= 0.3 is 0 Å². The van der Waals surface area contributed by atoms with E-state index < -0.39 is 0 Å². The zero-order chi connectivity index (χ0) is 17.9. The number of rotatable bonds is 4. The Morgan fingerprint density at radius 1 is 1.42 bits per heavy atom. The molecule has 2 aliphatic heterocycles. The first-order valence-corrected chi connectivity index (χ1v) is 10.2. The summed E-state index contributed by atoms with van der Waals surface area (Å²) in [5.74, 6) is 1.02. The van der Waals surface area contributed by atoms with Crippen molar-refractivity contribution in [3.63, 3.8) is 0 Å². The van der Waals surface area contributed by atoms with Gasteiger partial charge in [-0.05, 0) is 31.5 Å². The number of carbonyl (C=O) groups excluding carboxylic acids is 1. The average molecular weight is 372 g/mol. The summed E-state index contributed by atoms with van der Waals surface area (Å²) in [6, 6.07) is 4.47. The van der Waals surface area contributed by atoms with Crippen molar-refractivity contribution in [3.8, 4) is 0 Å². The maximum absolute atomic E-state index is 12.9. The Bertz CT molecular complexity index is 811. The SMILES string of the molecule is CN(C[C@@H]1CCCCN1)C(=O)C1=CN(c2ccnc3[nH]ccc23)CCS1. The van der Waals surface area contributed by atoms with E-state index in [2.05, 4.69) is 20.2 Å². The Morgan fingerprint density at radius 3 is 3.19 bits per heavy atom. The van der Waals surface area contributed by atoms with Crippen molar-refractivity contribution in [1.29, 1.82) is 0 Å². The molecule has 26 heavy (non-hydrogen) atoms. The number of pyridine rings is 1. The molecule has 0 unspecified atom stereocenters. The molecular weight excluding hydrogens is 346 g/mol. The highest BCUT2D eigenvalue weighted by atomic mass is 32.2. The van der Waals surface area contributed by atoms with Crippen LogP contribution in [0.2, 0.25) is 0 Å². The van der Waals surface area contributed by atoms with Crippen molar-refractivity contribution in [3.05, 3.63) is 35.6 Å². The summed E-state index contributed by atoms with van der Waals surface area (Å²) in [4.78, 5) is 25.3. The molecule has 1 amide bonds. The fourth-order valence-electron chi connectivity index (χ4n) is 3.68. The second kappa shape index (κ2) is 7.72. The first kappa shape index (κ1) is 17.4. The van der Waals surface area contributed by atoms with Crippen molar-refractivity contribution in [1.82, 2.24) is 20.2 Å². The lowest BCUT2D eigenvalue weighted by atomic mass is 10.0. The van der Waals surface area contributed by atoms with E-state index in [1.807, 2.05) is 42.7 Å². The molecular formula is C19H25N5OS. The van der Waals surface area contributed by atoms with Crippen molar-refractivity contribution in [2.75, 3.05) is 37.3 Å². The van der Waals surface area contributed by atoms with E-state index in [1.54, 1.807) is 11.8 Å². The topological polar surface area (TPSA) is 64.3 Å². The molecule has 0 bridgehead atoms. The van der Waals surface area contributed by atoms with Gasteiger partial charge in [-0.2, -0.15) is 0 Å². The van der Waals surface area contributed by atoms with E-state index in [9.17, 15) is 4.79 Å². The van der Waals surface area contributed by atoms with E-state index in [1.165, 1.54) is 12.8 Å². The summed E-state index contributed by atoms with van der Waals surface area (Å²) in [6.07, 6.45) is 9.36. The fourth-order valence-corrected chi connectivity index (χ4v) is 4.67. The van der Waals surface area contributed by atoms with E-state index in [-0.39, 0.29) is 5.91 Å². The monoisotopic (exact) mass is 371 g/mol. The minimum absolute atomic E-state index is 0.117. The number of carbonyl (C=O) groups is 1. The second-order valence-electron chi connectivity index (χ2n) is 6.94. The number of piperidine rings is 1. The summed E-state index contributed by atoms with van der Waals surface area (Å²) < 4.78 is 0. The molecule has 4 heterocycles. The van der Waals surface area contributed by atoms with Gasteiger partial charge in [-0.3, -0.25) is 4.79 Å². The summed E-state index contributed by atoms with van der Waals surface area (Å²) in [7, 11) is 1.91. The first-order chi connectivity index (χ1) is 12.7. The van der Waals surface area contributed by atoms with Crippen LogP contribution in [-0.4, -0.2) is 59.3 Å². The van der Waals surface area contributed by atoms with Crippen LogP contribution in [-0.2, 0) is 4.79 Å². The Hall–Kier alpha value is -1.99. The quantitative estimate of drug-likeness (QED) is 0.865. The molecule has 2 N–H and O–H groups in total. The van der Waals surface area contributed by atoms with E-state index in [0.29, 0.717) is 6.04 Å². The molecule has 6 nitrogen and oxygen atoms in total. The lowest BCUT2D eigenvalue weighted by Gasteiger charge is -2.31. The summed E-state index contributed by atoms with van der Waals surface area (Å²) in [6.45, 7) is 2.72. The smallest absolute Gasteiger partial charge is 0.261 e. The van der Waals surface area contributed by atoms with E-state index >= 15 is 0 Å². The number of thioether (sulfide) groups is 1. The first-order valence-electron chi connectivity index (χ1n) is 9.24. The molecule has 0 saturated carbocycles. The zero-order valence-corrected chi connectivity index (χ0v) is 15.9. The largest absolute Gasteiger partial charge is 0.346 e. The maximum Gasteiger partial charge on any atom is 0.261 e. The highest BCUT2D eigenvalue weighted by molar-refractivity contribution is 8.04. The van der Waals surface area contributed by atoms with Gasteiger partial charge < -0.3 is 20.1 Å². The van der Waals surface area contributed by atoms with Gasteiger partial charge in [0.2, 0.25) is 0 Å². The predicted molar refractivity (Wildman–Crippen MR) is 107 cm³/mol. The Kier molecular flexibility index (Phi) is 5.17. The molecule has 2 aromatic heterocycles. The van der Waals surface area contributed by atoms with Gasteiger partial charge in [0, 0.05) is 55.9 Å². The number of hydrogen-bond acceptors (Lipinski definition) is 5. The molecule has 0 spiro atoms. The average Bonchev–Trinajstić information content (AvgIpc) is 3.17. The third kappa shape index (κ3) is 3.59. The Balaban J connectivity index is 1.50. The van der Waals surface area contributed by atoms with Gasteiger partial charge in [0.05, 0.1) is 10.6 Å². The van der Waals surface area contributed by atoms with Crippen LogP contribution in [0, 0.1) is 0 Å². The van der Waals surface area contributed by atoms with Crippen molar-refractivity contribution in [2.45, 2.75) is 25.3 Å². The minimum Gasteiger partial charge on any atom is -0.346 e. The molecule has 1 atom stereocenters. The molecule has 0 aromatic carbocycles. The number of H-pyrrole nitrogens is 1. The van der Waals surface area contributed by atoms with Gasteiger partial charge in [-0.15, -0.1) is 11.8 Å². The summed E-state index contributed by atoms with van der Waals surface area (Å²) >= 11 is 1.65. The number of fused-ring (bicyclic) bond motifs is 1. The van der Waals surface area contributed by atoms with Crippen LogP contribution in [0.5, 0.6) is 0 Å². The normalized spacial score (nSPS) is 20.9. The number of nitrogens with one attached hydrogen (secondary N) is 2. The lowest BCUT2D eigenvalue weighted by Crippen LogP contribution is -2.44. The highest BCUT2D eigenvalue weighted by Gasteiger charge is 2.24. The van der Waals surface area contributed by atoms with Gasteiger partial charge in [0.15, 0.2) is 0 Å². The number of hydrogen-bond donors (Lipinski definition) is 2. The second-order valence-corrected chi connectivity index (χ2v) is 8.07. The van der Waals surface area contributed by atoms with E-state index in [0.717, 1.165) is 53.4 Å². The molecule has 1 saturated heterocycles. The molecule has 1 fully saturated rings. The van der Waals surface area contributed by atoms with Gasteiger partial charge in [0.25, 0.3) is 5.91 Å². The van der Waals surface area contributed by atoms with Crippen LogP contribution in [0.1, 0.15) is 19.3 Å². The molecule has 0 aliphatic carbocycles. The van der Waals surface area contributed by atoms with Crippen molar-refractivity contribution in [2.24, 2.45) is 0 Å². The molecule has 138 valence electrons. The van der Waals surface area contributed by atoms with Crippen LogP contribution in [0.3, 0.4) is 0 Å². The standard InChI is InChI=1S/C19H25N5OS/c1-23(12-14-4-2-3-7-20-14)19(25)17-13-24(10-11-26-17)16-6-9-22-18-15(16)5-8-21-18/h5-6,8-9,13-14,20H,2-4,7,10-12H2,1H3,(H,21,22)/t14-/m0/s1. The number of aromatic amines is 1. The summed E-state index contributed by atoms with van der Waals surface area (Å²) in [5.41, 5.74) is 1.97. The van der Waals surface area contributed by atoms with Gasteiger partial charge in [-0.1, -0.05) is 6.42 Å². The number of likely N-dealkylation sites (N-methyl/N-ethyl adjacent to an activating group) is 1. The van der Waals surface area contributed by atoms with Crippen LogP contribution in [0.15, 0.2) is 35.6 Å². The number of amides is 1. The molecule has 0 radical (unpaired) electrons. The fraction of sp³-hybridized carbons (Fsp3) is 0.474. The zero-order valence-electron chi connectivity index (χ0n) is 15.1. The van der Waals surface area contributed by atoms with Crippen LogP contribution >= 0.6 is 11.8 Å². The Morgan fingerprint density at radius 2 is 2.35 bits per heavy atom. The number of nitrogens with zero attached hydrogens (tertiary/aromatic N) is 3. The Labute approximate surface area is 158 Å². The van der Waals surface area contributed by atoms with Crippen LogP contribution in [0.25, 0.3) is 11.0 Å². The summed E-state index contributed by atoms with van der Waals surface area (Å²) in [5, 5.41) is 4.60. The van der Waals surface area contributed by atoms with Crippen molar-refractivity contribution < 1.29 is 4.79 Å². The van der Waals surface area contributed by atoms with Gasteiger partial charge in [0.1, 0.15) is 5.65 Å². The minimum atomic E-state index is 0.117.